The summed E-state index contributed by atoms with van der Waals surface area (Å²) in [6.07, 6.45) is 1.75. The fourth-order valence-electron chi connectivity index (χ4n) is 3.38. The smallest absolute Gasteiger partial charge is 0.251 e. The van der Waals surface area contributed by atoms with Crippen molar-refractivity contribution in [2.24, 2.45) is 0 Å². The number of nitrogens with one attached hydrogen (secondary N) is 1. The number of carbonyl (C=O) groups excluding carboxylic acids is 2. The fourth-order valence-corrected chi connectivity index (χ4v) is 3.38. The van der Waals surface area contributed by atoms with E-state index >= 15 is 0 Å². The number of hydrogen-bond donors (Lipinski definition) is 1. The minimum Gasteiger partial charge on any atom is -0.496 e. The van der Waals surface area contributed by atoms with E-state index in [1.165, 1.54) is 0 Å². The molecule has 1 N–H and O–H groups in total. The molecule has 1 aliphatic heterocycles. The van der Waals surface area contributed by atoms with Crippen LogP contribution in [-0.4, -0.2) is 55.0 Å². The number of benzene rings is 1. The first kappa shape index (κ1) is 19.7. The van der Waals surface area contributed by atoms with Gasteiger partial charge in [0.25, 0.3) is 5.91 Å². The second kappa shape index (κ2) is 8.73. The molecule has 2 amide bonds. The molecule has 0 spiro atoms. The summed E-state index contributed by atoms with van der Waals surface area (Å²) in [4.78, 5) is 32.6. The van der Waals surface area contributed by atoms with Crippen molar-refractivity contribution in [2.45, 2.75) is 20.4 Å². The van der Waals surface area contributed by atoms with Crippen molar-refractivity contribution in [1.29, 1.82) is 0 Å². The number of aromatic nitrogens is 1. The number of rotatable bonds is 5. The quantitative estimate of drug-likeness (QED) is 0.856. The van der Waals surface area contributed by atoms with Crippen LogP contribution in [0.5, 0.6) is 5.75 Å². The van der Waals surface area contributed by atoms with Crippen LogP contribution in [0.3, 0.4) is 0 Å². The monoisotopic (exact) mass is 382 g/mol. The van der Waals surface area contributed by atoms with Crippen LogP contribution in [0, 0.1) is 6.92 Å². The molecule has 3 rings (SSSR count). The number of carbonyl (C=O) groups is 2. The summed E-state index contributed by atoms with van der Waals surface area (Å²) in [5.74, 6) is 1.58. The second-order valence-electron chi connectivity index (χ2n) is 6.85. The zero-order valence-electron chi connectivity index (χ0n) is 16.6. The lowest BCUT2D eigenvalue weighted by Crippen LogP contribution is -2.48. The maximum atomic E-state index is 12.5. The van der Waals surface area contributed by atoms with Crippen molar-refractivity contribution < 1.29 is 14.3 Å². The molecular weight excluding hydrogens is 356 g/mol. The van der Waals surface area contributed by atoms with Crippen LogP contribution in [-0.2, 0) is 11.3 Å². The van der Waals surface area contributed by atoms with Gasteiger partial charge in [0.2, 0.25) is 5.91 Å². The van der Waals surface area contributed by atoms with Gasteiger partial charge in [0.1, 0.15) is 11.6 Å². The van der Waals surface area contributed by atoms with Gasteiger partial charge in [-0.25, -0.2) is 4.98 Å². The first-order valence-electron chi connectivity index (χ1n) is 9.37. The van der Waals surface area contributed by atoms with Gasteiger partial charge in [-0.15, -0.1) is 0 Å². The number of piperazine rings is 1. The summed E-state index contributed by atoms with van der Waals surface area (Å²) >= 11 is 0. The number of hydrogen-bond acceptors (Lipinski definition) is 5. The minimum absolute atomic E-state index is 0.0999. The third kappa shape index (κ3) is 4.42. The molecule has 1 saturated heterocycles. The van der Waals surface area contributed by atoms with E-state index in [4.69, 9.17) is 4.74 Å². The molecule has 1 aliphatic rings. The number of anilines is 1. The van der Waals surface area contributed by atoms with Crippen molar-refractivity contribution in [1.82, 2.24) is 15.2 Å². The van der Waals surface area contributed by atoms with E-state index in [1.807, 2.05) is 30.0 Å². The Morgan fingerprint density at radius 2 is 1.93 bits per heavy atom. The Morgan fingerprint density at radius 3 is 2.57 bits per heavy atom. The van der Waals surface area contributed by atoms with Crippen LogP contribution in [0.1, 0.15) is 28.4 Å². The van der Waals surface area contributed by atoms with Crippen molar-refractivity contribution >= 4 is 17.6 Å². The van der Waals surface area contributed by atoms with Crippen LogP contribution in [0.4, 0.5) is 5.82 Å². The van der Waals surface area contributed by atoms with Crippen molar-refractivity contribution in [2.75, 3.05) is 38.2 Å². The number of methoxy groups -OCH3 is 1. The molecule has 0 bridgehead atoms. The summed E-state index contributed by atoms with van der Waals surface area (Å²) < 4.78 is 5.24. The average Bonchev–Trinajstić information content (AvgIpc) is 2.72. The van der Waals surface area contributed by atoms with Gasteiger partial charge in [-0.3, -0.25) is 9.59 Å². The van der Waals surface area contributed by atoms with Crippen LogP contribution < -0.4 is 15.0 Å². The molecule has 148 valence electrons. The van der Waals surface area contributed by atoms with Gasteiger partial charge in [-0.1, -0.05) is 6.07 Å². The van der Waals surface area contributed by atoms with E-state index in [0.29, 0.717) is 25.2 Å². The highest BCUT2D eigenvalue weighted by molar-refractivity contribution is 5.94. The molecule has 1 aromatic carbocycles. The molecule has 2 heterocycles. The van der Waals surface area contributed by atoms with Gasteiger partial charge < -0.3 is 19.9 Å². The highest BCUT2D eigenvalue weighted by Crippen LogP contribution is 2.20. The van der Waals surface area contributed by atoms with Gasteiger partial charge in [-0.05, 0) is 36.8 Å². The molecule has 7 heteroatoms. The third-order valence-electron chi connectivity index (χ3n) is 4.99. The summed E-state index contributed by atoms with van der Waals surface area (Å²) in [6, 6.07) is 9.22. The Bertz CT molecular complexity index is 860. The number of pyridine rings is 1. The zero-order chi connectivity index (χ0) is 20.1. The highest BCUT2D eigenvalue weighted by Gasteiger charge is 2.21. The predicted octanol–water partition coefficient (Wildman–Crippen LogP) is 2.00. The summed E-state index contributed by atoms with van der Waals surface area (Å²) in [5, 5.41) is 2.98. The molecular formula is C21H26N4O3. The lowest BCUT2D eigenvalue weighted by molar-refractivity contribution is -0.129. The molecule has 0 radical (unpaired) electrons. The predicted molar refractivity (Wildman–Crippen MR) is 108 cm³/mol. The SMILES string of the molecule is COc1ccc(C(=O)NCc2cccnc2N2CCN(C(C)=O)CC2)cc1C. The maximum Gasteiger partial charge on any atom is 0.251 e. The van der Waals surface area contributed by atoms with E-state index < -0.39 is 0 Å². The van der Waals surface area contributed by atoms with E-state index in [1.54, 1.807) is 32.4 Å². The maximum absolute atomic E-state index is 12.5. The first-order valence-corrected chi connectivity index (χ1v) is 9.37. The fraction of sp³-hybridized carbons (Fsp3) is 0.381. The molecule has 28 heavy (non-hydrogen) atoms. The normalized spacial score (nSPS) is 14.0. The van der Waals surface area contributed by atoms with Gasteiger partial charge in [-0.2, -0.15) is 0 Å². The molecule has 0 atom stereocenters. The topological polar surface area (TPSA) is 74.8 Å². The number of nitrogens with zero attached hydrogens (tertiary/aromatic N) is 3. The Hall–Kier alpha value is -3.09. The van der Waals surface area contributed by atoms with Gasteiger partial charge in [0.05, 0.1) is 7.11 Å². The minimum atomic E-state index is -0.137. The van der Waals surface area contributed by atoms with Crippen LogP contribution in [0.25, 0.3) is 0 Å². The standard InChI is InChI=1S/C21H26N4O3/c1-15-13-17(6-7-19(15)28-3)21(27)23-14-18-5-4-8-22-20(18)25-11-9-24(10-12-25)16(2)26/h4-8,13H,9-12,14H2,1-3H3,(H,23,27). The zero-order valence-corrected chi connectivity index (χ0v) is 16.6. The van der Waals surface area contributed by atoms with E-state index in [-0.39, 0.29) is 11.8 Å². The summed E-state index contributed by atoms with van der Waals surface area (Å²) in [5.41, 5.74) is 2.47. The van der Waals surface area contributed by atoms with Gasteiger partial charge in [0.15, 0.2) is 0 Å². The van der Waals surface area contributed by atoms with Gasteiger partial charge in [0, 0.05) is 57.0 Å². The lowest BCUT2D eigenvalue weighted by Gasteiger charge is -2.35. The number of aryl methyl sites for hydroxylation is 1. The van der Waals surface area contributed by atoms with Crippen molar-refractivity contribution in [3.05, 3.63) is 53.2 Å². The molecule has 2 aromatic rings. The Balaban J connectivity index is 1.66. The van der Waals surface area contributed by atoms with Crippen LogP contribution in [0.15, 0.2) is 36.5 Å². The first-order chi connectivity index (χ1) is 13.5. The second-order valence-corrected chi connectivity index (χ2v) is 6.85. The largest absolute Gasteiger partial charge is 0.496 e. The molecule has 0 aliphatic carbocycles. The van der Waals surface area contributed by atoms with E-state index in [0.717, 1.165) is 35.8 Å². The van der Waals surface area contributed by atoms with Crippen molar-refractivity contribution in [3.8, 4) is 5.75 Å². The molecule has 1 aromatic heterocycles. The van der Waals surface area contributed by atoms with E-state index in [2.05, 4.69) is 15.2 Å². The summed E-state index contributed by atoms with van der Waals surface area (Å²) in [6.45, 7) is 6.73. The Labute approximate surface area is 165 Å². The molecule has 0 unspecified atom stereocenters. The molecule has 0 saturated carbocycles. The number of amides is 2. The van der Waals surface area contributed by atoms with Crippen LogP contribution >= 0.6 is 0 Å². The number of ether oxygens (including phenoxy) is 1. The van der Waals surface area contributed by atoms with Gasteiger partial charge >= 0.3 is 0 Å². The Kier molecular flexibility index (Phi) is 6.13. The highest BCUT2D eigenvalue weighted by atomic mass is 16.5. The third-order valence-corrected chi connectivity index (χ3v) is 4.99. The summed E-state index contributed by atoms with van der Waals surface area (Å²) in [7, 11) is 1.61. The Morgan fingerprint density at radius 1 is 1.18 bits per heavy atom. The average molecular weight is 382 g/mol. The molecule has 7 nitrogen and oxygen atoms in total. The molecule has 1 fully saturated rings. The van der Waals surface area contributed by atoms with E-state index in [9.17, 15) is 9.59 Å². The van der Waals surface area contributed by atoms with Crippen molar-refractivity contribution in [3.63, 3.8) is 0 Å². The van der Waals surface area contributed by atoms with Crippen LogP contribution in [0.2, 0.25) is 0 Å². The lowest BCUT2D eigenvalue weighted by atomic mass is 10.1.